The highest BCUT2D eigenvalue weighted by Crippen LogP contribution is 2.28. The molecule has 0 aliphatic heterocycles. The van der Waals surface area contributed by atoms with Crippen LogP contribution in [-0.4, -0.2) is 10.4 Å². The molecular weight excluding hydrogens is 178 g/mol. The van der Waals surface area contributed by atoms with Crippen molar-refractivity contribution in [1.29, 1.82) is 0 Å². The van der Waals surface area contributed by atoms with Crippen LogP contribution >= 0.6 is 0 Å². The minimum absolute atomic E-state index is 0.0568. The monoisotopic (exact) mass is 191 g/mol. The standard InChI is InChI=1S/C10H13N3O/c1-10(2,3)6-4-7(11)9-8(5-6)12-13-14-9/h4-5H,11H2,1-3H3. The molecule has 0 atom stereocenters. The molecule has 0 spiro atoms. The first kappa shape index (κ1) is 8.99. The maximum Gasteiger partial charge on any atom is 0.210 e. The van der Waals surface area contributed by atoms with Gasteiger partial charge in [-0.2, -0.15) is 0 Å². The van der Waals surface area contributed by atoms with Gasteiger partial charge >= 0.3 is 0 Å². The van der Waals surface area contributed by atoms with Crippen molar-refractivity contribution in [3.8, 4) is 0 Å². The van der Waals surface area contributed by atoms with E-state index in [9.17, 15) is 0 Å². The van der Waals surface area contributed by atoms with Crippen molar-refractivity contribution in [2.45, 2.75) is 26.2 Å². The quantitative estimate of drug-likeness (QED) is 0.647. The summed E-state index contributed by atoms with van der Waals surface area (Å²) in [6.45, 7) is 6.38. The number of benzene rings is 1. The Morgan fingerprint density at radius 3 is 2.64 bits per heavy atom. The molecule has 4 nitrogen and oxygen atoms in total. The van der Waals surface area contributed by atoms with Crippen molar-refractivity contribution in [3.63, 3.8) is 0 Å². The van der Waals surface area contributed by atoms with Crippen molar-refractivity contribution in [1.82, 2.24) is 10.4 Å². The summed E-state index contributed by atoms with van der Waals surface area (Å²) in [5.74, 6) is 0. The third-order valence-corrected chi connectivity index (χ3v) is 2.24. The molecule has 0 saturated carbocycles. The lowest BCUT2D eigenvalue weighted by molar-refractivity contribution is 0.425. The summed E-state index contributed by atoms with van der Waals surface area (Å²) in [6, 6.07) is 3.87. The number of nitrogens with two attached hydrogens (primary N) is 1. The summed E-state index contributed by atoms with van der Waals surface area (Å²) < 4.78 is 4.93. The lowest BCUT2D eigenvalue weighted by Crippen LogP contribution is -2.11. The second kappa shape index (κ2) is 2.70. The Balaban J connectivity index is 2.70. The van der Waals surface area contributed by atoms with Gasteiger partial charge in [-0.15, -0.1) is 5.10 Å². The van der Waals surface area contributed by atoms with Gasteiger partial charge in [0.05, 0.1) is 5.69 Å². The van der Waals surface area contributed by atoms with E-state index in [2.05, 4.69) is 31.1 Å². The number of aromatic nitrogens is 2. The first-order valence-electron chi connectivity index (χ1n) is 4.50. The summed E-state index contributed by atoms with van der Waals surface area (Å²) in [6.07, 6.45) is 0. The number of hydrogen-bond donors (Lipinski definition) is 1. The largest absolute Gasteiger partial charge is 0.396 e. The molecule has 1 aromatic carbocycles. The number of nitrogens with zero attached hydrogens (tertiary/aromatic N) is 2. The van der Waals surface area contributed by atoms with E-state index in [1.54, 1.807) is 0 Å². The minimum Gasteiger partial charge on any atom is -0.396 e. The van der Waals surface area contributed by atoms with Crippen LogP contribution in [0.2, 0.25) is 0 Å². The summed E-state index contributed by atoms with van der Waals surface area (Å²) in [5.41, 5.74) is 8.90. The molecule has 0 saturated heterocycles. The number of nitrogen functional groups attached to an aromatic ring is 1. The Bertz CT molecular complexity index is 468. The molecule has 0 bridgehead atoms. The average molecular weight is 191 g/mol. The van der Waals surface area contributed by atoms with E-state index in [1.165, 1.54) is 0 Å². The SMILES string of the molecule is CC(C)(C)c1cc(N)c2onnc2c1. The normalized spacial score (nSPS) is 12.2. The molecule has 2 N–H and O–H groups in total. The van der Waals surface area contributed by atoms with Crippen molar-refractivity contribution in [3.05, 3.63) is 17.7 Å². The molecular formula is C10H13N3O. The Labute approximate surface area is 82.1 Å². The van der Waals surface area contributed by atoms with Crippen molar-refractivity contribution in [2.75, 3.05) is 5.73 Å². The fourth-order valence-corrected chi connectivity index (χ4v) is 1.35. The molecule has 74 valence electrons. The predicted octanol–water partition coefficient (Wildman–Crippen LogP) is 2.10. The molecule has 0 unspecified atom stereocenters. The van der Waals surface area contributed by atoms with E-state index in [0.717, 1.165) is 11.1 Å². The van der Waals surface area contributed by atoms with Crippen LogP contribution in [0.5, 0.6) is 0 Å². The topological polar surface area (TPSA) is 64.9 Å². The van der Waals surface area contributed by atoms with Gasteiger partial charge < -0.3 is 10.3 Å². The van der Waals surface area contributed by atoms with Crippen LogP contribution in [0.4, 0.5) is 5.69 Å². The number of fused-ring (bicyclic) bond motifs is 1. The van der Waals surface area contributed by atoms with Crippen LogP contribution in [0.15, 0.2) is 16.7 Å². The van der Waals surface area contributed by atoms with Crippen LogP contribution in [-0.2, 0) is 5.41 Å². The zero-order valence-electron chi connectivity index (χ0n) is 8.53. The van der Waals surface area contributed by atoms with Gasteiger partial charge in [-0.25, -0.2) is 0 Å². The molecule has 0 aliphatic carbocycles. The number of anilines is 1. The molecule has 1 aromatic heterocycles. The third-order valence-electron chi connectivity index (χ3n) is 2.24. The summed E-state index contributed by atoms with van der Waals surface area (Å²) in [7, 11) is 0. The fraction of sp³-hybridized carbons (Fsp3) is 0.400. The van der Waals surface area contributed by atoms with Gasteiger partial charge in [-0.1, -0.05) is 20.8 Å². The summed E-state index contributed by atoms with van der Waals surface area (Å²) in [5, 5.41) is 7.34. The van der Waals surface area contributed by atoms with E-state index >= 15 is 0 Å². The van der Waals surface area contributed by atoms with Crippen LogP contribution in [0.1, 0.15) is 26.3 Å². The lowest BCUT2D eigenvalue weighted by atomic mass is 9.86. The summed E-state index contributed by atoms with van der Waals surface area (Å²) in [4.78, 5) is 0. The van der Waals surface area contributed by atoms with Gasteiger partial charge in [0.2, 0.25) is 5.58 Å². The zero-order valence-corrected chi connectivity index (χ0v) is 8.53. The van der Waals surface area contributed by atoms with E-state index in [1.807, 2.05) is 12.1 Å². The fourth-order valence-electron chi connectivity index (χ4n) is 1.35. The zero-order chi connectivity index (χ0) is 10.3. The van der Waals surface area contributed by atoms with Crippen LogP contribution in [0, 0.1) is 0 Å². The van der Waals surface area contributed by atoms with E-state index in [-0.39, 0.29) is 5.41 Å². The molecule has 1 heterocycles. The van der Waals surface area contributed by atoms with E-state index < -0.39 is 0 Å². The first-order valence-corrected chi connectivity index (χ1v) is 4.50. The average Bonchev–Trinajstić information content (AvgIpc) is 2.50. The van der Waals surface area contributed by atoms with Gasteiger partial charge in [-0.3, -0.25) is 0 Å². The smallest absolute Gasteiger partial charge is 0.210 e. The van der Waals surface area contributed by atoms with Gasteiger partial charge in [0.1, 0.15) is 5.52 Å². The predicted molar refractivity (Wildman–Crippen MR) is 54.9 cm³/mol. The molecule has 4 heteroatoms. The van der Waals surface area contributed by atoms with Gasteiger partial charge in [0, 0.05) is 5.27 Å². The van der Waals surface area contributed by atoms with Gasteiger partial charge in [-0.05, 0) is 23.1 Å². The Kier molecular flexibility index (Phi) is 1.74. The van der Waals surface area contributed by atoms with Gasteiger partial charge in [0.25, 0.3) is 0 Å². The first-order chi connectivity index (χ1) is 6.48. The maximum atomic E-state index is 5.82. The number of hydrogen-bond acceptors (Lipinski definition) is 4. The van der Waals surface area contributed by atoms with Crippen LogP contribution in [0.25, 0.3) is 11.1 Å². The Morgan fingerprint density at radius 2 is 2.00 bits per heavy atom. The van der Waals surface area contributed by atoms with Crippen molar-refractivity contribution < 1.29 is 4.52 Å². The molecule has 14 heavy (non-hydrogen) atoms. The van der Waals surface area contributed by atoms with Crippen molar-refractivity contribution in [2.24, 2.45) is 0 Å². The molecule has 2 rings (SSSR count). The Hall–Kier alpha value is -1.58. The second-order valence-electron chi connectivity index (χ2n) is 4.44. The highest BCUT2D eigenvalue weighted by atomic mass is 16.5. The lowest BCUT2D eigenvalue weighted by Gasteiger charge is -2.18. The van der Waals surface area contributed by atoms with E-state index in [0.29, 0.717) is 11.3 Å². The van der Waals surface area contributed by atoms with Crippen LogP contribution in [0.3, 0.4) is 0 Å². The van der Waals surface area contributed by atoms with E-state index in [4.69, 9.17) is 10.3 Å². The molecule has 0 radical (unpaired) electrons. The van der Waals surface area contributed by atoms with Crippen LogP contribution < -0.4 is 5.73 Å². The Morgan fingerprint density at radius 1 is 1.29 bits per heavy atom. The molecule has 2 aromatic rings. The molecule has 0 fully saturated rings. The second-order valence-corrected chi connectivity index (χ2v) is 4.44. The third kappa shape index (κ3) is 1.32. The highest BCUT2D eigenvalue weighted by Gasteiger charge is 2.17. The molecule has 0 aliphatic rings. The maximum absolute atomic E-state index is 5.82. The minimum atomic E-state index is 0.0568. The van der Waals surface area contributed by atoms with Gasteiger partial charge in [0.15, 0.2) is 0 Å². The number of rotatable bonds is 0. The molecule has 0 amide bonds. The summed E-state index contributed by atoms with van der Waals surface area (Å²) >= 11 is 0. The van der Waals surface area contributed by atoms with Crippen molar-refractivity contribution >= 4 is 16.8 Å². The highest BCUT2D eigenvalue weighted by molar-refractivity contribution is 5.85.